The number of alkyl halides is 1. The molecule has 0 spiro atoms. The predicted octanol–water partition coefficient (Wildman–Crippen LogP) is 3.32. The second-order valence-corrected chi connectivity index (χ2v) is 4.70. The monoisotopic (exact) mass is 287 g/mol. The molecule has 5 heteroatoms. The lowest BCUT2D eigenvalue weighted by molar-refractivity contribution is 0.0792. The zero-order chi connectivity index (χ0) is 14.3. The summed E-state index contributed by atoms with van der Waals surface area (Å²) in [6.45, 7) is 0.642. The minimum atomic E-state index is -0.524. The van der Waals surface area contributed by atoms with Gasteiger partial charge < -0.3 is 9.64 Å². The number of rotatable bonds is 7. The Balaban J connectivity index is 2.59. The molecule has 0 aliphatic rings. The number of unbranched alkanes of at least 4 members (excludes halogenated alkanes) is 2. The molecule has 106 valence electrons. The van der Waals surface area contributed by atoms with Crippen molar-refractivity contribution in [3.63, 3.8) is 0 Å². The van der Waals surface area contributed by atoms with Gasteiger partial charge in [-0.1, -0.05) is 6.42 Å². The van der Waals surface area contributed by atoms with E-state index in [9.17, 15) is 9.18 Å². The first-order chi connectivity index (χ1) is 9.10. The third-order valence-electron chi connectivity index (χ3n) is 2.87. The number of hydrogen-bond acceptors (Lipinski definition) is 2. The molecule has 0 unspecified atom stereocenters. The third-order valence-corrected chi connectivity index (χ3v) is 3.14. The molecule has 0 saturated heterocycles. The first kappa shape index (κ1) is 15.8. The summed E-state index contributed by atoms with van der Waals surface area (Å²) in [6, 6.07) is 4.24. The van der Waals surface area contributed by atoms with Crippen LogP contribution in [0.5, 0.6) is 5.75 Å². The van der Waals surface area contributed by atoms with E-state index in [0.29, 0.717) is 18.0 Å². The van der Waals surface area contributed by atoms with Crippen LogP contribution in [-0.2, 0) is 0 Å². The van der Waals surface area contributed by atoms with Crippen molar-refractivity contribution in [1.29, 1.82) is 0 Å². The van der Waals surface area contributed by atoms with Crippen LogP contribution in [0.25, 0.3) is 0 Å². The highest BCUT2D eigenvalue weighted by molar-refractivity contribution is 6.17. The Hall–Kier alpha value is -1.29. The normalized spacial score (nSPS) is 10.3. The van der Waals surface area contributed by atoms with E-state index in [-0.39, 0.29) is 11.7 Å². The Labute approximate surface area is 118 Å². The summed E-state index contributed by atoms with van der Waals surface area (Å²) < 4.78 is 18.3. The third kappa shape index (κ3) is 4.71. The molecule has 0 saturated carbocycles. The largest absolute Gasteiger partial charge is 0.494 e. The van der Waals surface area contributed by atoms with Crippen LogP contribution in [0.2, 0.25) is 0 Å². The molecule has 1 aromatic rings. The van der Waals surface area contributed by atoms with E-state index < -0.39 is 5.82 Å². The van der Waals surface area contributed by atoms with Gasteiger partial charge in [-0.25, -0.2) is 4.39 Å². The lowest BCUT2D eigenvalue weighted by Crippen LogP contribution is -2.27. The van der Waals surface area contributed by atoms with Crippen molar-refractivity contribution in [2.24, 2.45) is 0 Å². The Morgan fingerprint density at radius 2 is 2.11 bits per heavy atom. The fourth-order valence-electron chi connectivity index (χ4n) is 1.74. The summed E-state index contributed by atoms with van der Waals surface area (Å²) in [5.74, 6) is 0.0686. The molecular formula is C14H19ClFNO2. The van der Waals surface area contributed by atoms with E-state index in [0.717, 1.165) is 19.3 Å². The van der Waals surface area contributed by atoms with Crippen LogP contribution in [0.3, 0.4) is 0 Å². The molecule has 0 heterocycles. The molecule has 1 aromatic carbocycles. The summed E-state index contributed by atoms with van der Waals surface area (Å²) in [6.07, 6.45) is 2.83. The number of hydrogen-bond donors (Lipinski definition) is 0. The zero-order valence-corrected chi connectivity index (χ0v) is 12.0. The average molecular weight is 288 g/mol. The second kappa shape index (κ2) is 8.00. The van der Waals surface area contributed by atoms with Gasteiger partial charge in [-0.2, -0.15) is 0 Å². The molecule has 0 N–H and O–H groups in total. The molecule has 0 radical (unpaired) electrons. The molecular weight excluding hydrogens is 269 g/mol. The first-order valence-electron chi connectivity index (χ1n) is 6.25. The molecule has 0 atom stereocenters. The SMILES string of the molecule is COc1ccc(C(=O)N(C)CCCCCCl)cc1F. The van der Waals surface area contributed by atoms with Gasteiger partial charge in [0, 0.05) is 25.0 Å². The second-order valence-electron chi connectivity index (χ2n) is 4.33. The van der Waals surface area contributed by atoms with Crippen LogP contribution in [0, 0.1) is 5.82 Å². The van der Waals surface area contributed by atoms with E-state index in [1.165, 1.54) is 19.2 Å². The smallest absolute Gasteiger partial charge is 0.253 e. The van der Waals surface area contributed by atoms with E-state index in [4.69, 9.17) is 16.3 Å². The molecule has 0 bridgehead atoms. The van der Waals surface area contributed by atoms with Gasteiger partial charge in [0.2, 0.25) is 0 Å². The summed E-state index contributed by atoms with van der Waals surface area (Å²) in [5.41, 5.74) is 0.332. The molecule has 1 amide bonds. The number of methoxy groups -OCH3 is 1. The van der Waals surface area contributed by atoms with Gasteiger partial charge in [-0.3, -0.25) is 4.79 Å². The molecule has 0 fully saturated rings. The Morgan fingerprint density at radius 1 is 1.37 bits per heavy atom. The number of nitrogens with zero attached hydrogens (tertiary/aromatic N) is 1. The Morgan fingerprint density at radius 3 is 2.68 bits per heavy atom. The van der Waals surface area contributed by atoms with Gasteiger partial charge in [0.15, 0.2) is 11.6 Å². The van der Waals surface area contributed by atoms with Gasteiger partial charge in [-0.05, 0) is 31.0 Å². The lowest BCUT2D eigenvalue weighted by Gasteiger charge is -2.17. The van der Waals surface area contributed by atoms with Crippen molar-refractivity contribution in [2.75, 3.05) is 26.6 Å². The topological polar surface area (TPSA) is 29.5 Å². The molecule has 0 aliphatic heterocycles. The maximum Gasteiger partial charge on any atom is 0.253 e. The number of benzene rings is 1. The summed E-state index contributed by atoms with van der Waals surface area (Å²) in [5, 5.41) is 0. The minimum absolute atomic E-state index is 0.140. The van der Waals surface area contributed by atoms with Crippen LogP contribution in [0.1, 0.15) is 29.6 Å². The fourth-order valence-corrected chi connectivity index (χ4v) is 1.93. The van der Waals surface area contributed by atoms with Crippen molar-refractivity contribution < 1.29 is 13.9 Å². The quantitative estimate of drug-likeness (QED) is 0.569. The number of amides is 1. The number of ether oxygens (including phenoxy) is 1. The standard InChI is InChI=1S/C14H19ClFNO2/c1-17(9-5-3-4-8-15)14(18)11-6-7-13(19-2)12(16)10-11/h6-7,10H,3-5,8-9H2,1-2H3. The maximum absolute atomic E-state index is 13.5. The average Bonchev–Trinajstić information content (AvgIpc) is 2.42. The van der Waals surface area contributed by atoms with Crippen molar-refractivity contribution in [2.45, 2.75) is 19.3 Å². The van der Waals surface area contributed by atoms with E-state index in [1.54, 1.807) is 18.0 Å². The van der Waals surface area contributed by atoms with Gasteiger partial charge in [0.1, 0.15) is 0 Å². The van der Waals surface area contributed by atoms with Crippen LogP contribution in [0.4, 0.5) is 4.39 Å². The van der Waals surface area contributed by atoms with Gasteiger partial charge in [-0.15, -0.1) is 11.6 Å². The van der Waals surface area contributed by atoms with Crippen LogP contribution in [-0.4, -0.2) is 37.4 Å². The molecule has 1 rings (SSSR count). The summed E-state index contributed by atoms with van der Waals surface area (Å²) >= 11 is 5.59. The predicted molar refractivity (Wildman–Crippen MR) is 74.5 cm³/mol. The van der Waals surface area contributed by atoms with Crippen molar-refractivity contribution in [3.05, 3.63) is 29.6 Å². The Kier molecular flexibility index (Phi) is 6.64. The summed E-state index contributed by atoms with van der Waals surface area (Å²) in [4.78, 5) is 13.6. The van der Waals surface area contributed by atoms with Gasteiger partial charge in [0.25, 0.3) is 5.91 Å². The fraction of sp³-hybridized carbons (Fsp3) is 0.500. The number of halogens is 2. The van der Waals surface area contributed by atoms with Crippen LogP contribution < -0.4 is 4.74 Å². The van der Waals surface area contributed by atoms with Crippen LogP contribution >= 0.6 is 11.6 Å². The van der Waals surface area contributed by atoms with Crippen LogP contribution in [0.15, 0.2) is 18.2 Å². The lowest BCUT2D eigenvalue weighted by atomic mass is 10.1. The zero-order valence-electron chi connectivity index (χ0n) is 11.3. The highest BCUT2D eigenvalue weighted by Gasteiger charge is 2.13. The molecule has 19 heavy (non-hydrogen) atoms. The van der Waals surface area contributed by atoms with Gasteiger partial charge >= 0.3 is 0 Å². The van der Waals surface area contributed by atoms with Crippen molar-refractivity contribution in [1.82, 2.24) is 4.90 Å². The highest BCUT2D eigenvalue weighted by atomic mass is 35.5. The molecule has 0 aromatic heterocycles. The van der Waals surface area contributed by atoms with Gasteiger partial charge in [0.05, 0.1) is 7.11 Å². The van der Waals surface area contributed by atoms with E-state index >= 15 is 0 Å². The van der Waals surface area contributed by atoms with E-state index in [1.807, 2.05) is 0 Å². The first-order valence-corrected chi connectivity index (χ1v) is 6.78. The summed E-state index contributed by atoms with van der Waals surface area (Å²) in [7, 11) is 3.11. The Bertz CT molecular complexity index is 426. The minimum Gasteiger partial charge on any atom is -0.494 e. The van der Waals surface area contributed by atoms with Crippen molar-refractivity contribution in [3.8, 4) is 5.75 Å². The number of carbonyl (C=O) groups is 1. The number of carbonyl (C=O) groups excluding carboxylic acids is 1. The van der Waals surface area contributed by atoms with E-state index in [2.05, 4.69) is 0 Å². The van der Waals surface area contributed by atoms with Crippen molar-refractivity contribution >= 4 is 17.5 Å². The molecule has 0 aliphatic carbocycles. The highest BCUT2D eigenvalue weighted by Crippen LogP contribution is 2.18. The maximum atomic E-state index is 13.5. The molecule has 3 nitrogen and oxygen atoms in total.